The van der Waals surface area contributed by atoms with Gasteiger partial charge in [-0.2, -0.15) is 0 Å². The first-order valence-electron chi connectivity index (χ1n) is 7.15. The van der Waals surface area contributed by atoms with Gasteiger partial charge in [0.15, 0.2) is 0 Å². The molecule has 1 fully saturated rings. The minimum atomic E-state index is 0.0951. The van der Waals surface area contributed by atoms with Crippen LogP contribution < -0.4 is 0 Å². The summed E-state index contributed by atoms with van der Waals surface area (Å²) in [6.07, 6.45) is 3.84. The van der Waals surface area contributed by atoms with E-state index < -0.39 is 0 Å². The maximum atomic E-state index is 12.5. The van der Waals surface area contributed by atoms with E-state index in [-0.39, 0.29) is 5.91 Å². The van der Waals surface area contributed by atoms with Gasteiger partial charge in [-0.3, -0.25) is 4.79 Å². The molecule has 0 aliphatic carbocycles. The summed E-state index contributed by atoms with van der Waals surface area (Å²) in [6.45, 7) is 3.93. The van der Waals surface area contributed by atoms with Gasteiger partial charge in [0.25, 0.3) is 5.91 Å². The first-order chi connectivity index (χ1) is 10.1. The van der Waals surface area contributed by atoms with Crippen LogP contribution in [0, 0.1) is 5.92 Å². The Morgan fingerprint density at radius 1 is 1.33 bits per heavy atom. The second-order valence-electron chi connectivity index (χ2n) is 5.48. The maximum Gasteiger partial charge on any atom is 0.265 e. The van der Waals surface area contributed by atoms with Gasteiger partial charge in [0.05, 0.1) is 11.2 Å². The zero-order valence-corrected chi connectivity index (χ0v) is 13.5. The van der Waals surface area contributed by atoms with Gasteiger partial charge in [0.1, 0.15) is 9.88 Å². The molecule has 2 aromatic rings. The molecule has 0 unspecified atom stereocenters. The van der Waals surface area contributed by atoms with E-state index in [9.17, 15) is 4.79 Å². The van der Waals surface area contributed by atoms with Crippen molar-refractivity contribution < 1.29 is 4.79 Å². The SMILES string of the molecule is CC1CCN(C(=O)c2cnc(-c3ccccc3Cl)s2)CC1. The molecule has 110 valence electrons. The number of piperidine rings is 1. The molecule has 0 saturated carbocycles. The highest BCUT2D eigenvalue weighted by atomic mass is 35.5. The lowest BCUT2D eigenvalue weighted by Crippen LogP contribution is -2.37. The highest BCUT2D eigenvalue weighted by Gasteiger charge is 2.23. The van der Waals surface area contributed by atoms with E-state index in [0.717, 1.165) is 36.5 Å². The Morgan fingerprint density at radius 3 is 2.76 bits per heavy atom. The number of halogens is 1. The van der Waals surface area contributed by atoms with Crippen molar-refractivity contribution in [3.8, 4) is 10.6 Å². The number of rotatable bonds is 2. The molecule has 3 rings (SSSR count). The molecule has 0 bridgehead atoms. The topological polar surface area (TPSA) is 33.2 Å². The molecule has 1 aromatic carbocycles. The molecule has 1 saturated heterocycles. The maximum absolute atomic E-state index is 12.5. The average molecular weight is 321 g/mol. The summed E-state index contributed by atoms with van der Waals surface area (Å²) in [4.78, 5) is 19.5. The second-order valence-corrected chi connectivity index (χ2v) is 6.92. The molecular weight excluding hydrogens is 304 g/mol. The van der Waals surface area contributed by atoms with Gasteiger partial charge in [-0.1, -0.05) is 36.7 Å². The first kappa shape index (κ1) is 14.5. The van der Waals surface area contributed by atoms with Gasteiger partial charge in [-0.15, -0.1) is 11.3 Å². The number of carbonyl (C=O) groups is 1. The monoisotopic (exact) mass is 320 g/mol. The van der Waals surface area contributed by atoms with Gasteiger partial charge in [-0.25, -0.2) is 4.98 Å². The third-order valence-corrected chi connectivity index (χ3v) is 5.24. The van der Waals surface area contributed by atoms with Gasteiger partial charge < -0.3 is 4.90 Å². The number of likely N-dealkylation sites (tertiary alicyclic amines) is 1. The standard InChI is InChI=1S/C16H17ClN2OS/c1-11-6-8-19(9-7-11)16(20)14-10-18-15(21-14)12-4-2-3-5-13(12)17/h2-5,10-11H,6-9H2,1H3. The smallest absolute Gasteiger partial charge is 0.265 e. The summed E-state index contributed by atoms with van der Waals surface area (Å²) in [5.41, 5.74) is 0.885. The minimum Gasteiger partial charge on any atom is -0.338 e. The first-order valence-corrected chi connectivity index (χ1v) is 8.34. The Kier molecular flexibility index (Phi) is 4.27. The van der Waals surface area contributed by atoms with Crippen molar-refractivity contribution in [2.45, 2.75) is 19.8 Å². The van der Waals surface area contributed by atoms with E-state index in [2.05, 4.69) is 11.9 Å². The lowest BCUT2D eigenvalue weighted by Gasteiger charge is -2.29. The quantitative estimate of drug-likeness (QED) is 0.825. The fraction of sp³-hybridized carbons (Fsp3) is 0.375. The Labute approximate surface area is 133 Å². The van der Waals surface area contributed by atoms with Gasteiger partial charge >= 0.3 is 0 Å². The lowest BCUT2D eigenvalue weighted by molar-refractivity contribution is 0.0702. The fourth-order valence-electron chi connectivity index (χ4n) is 2.50. The Hall–Kier alpha value is -1.39. The minimum absolute atomic E-state index is 0.0951. The average Bonchev–Trinajstić information content (AvgIpc) is 2.97. The number of amides is 1. The van der Waals surface area contributed by atoms with Gasteiger partial charge in [-0.05, 0) is 24.8 Å². The number of nitrogens with zero attached hydrogens (tertiary/aromatic N) is 2. The largest absolute Gasteiger partial charge is 0.338 e. The number of thiazole rings is 1. The van der Waals surface area contributed by atoms with E-state index in [1.807, 2.05) is 29.2 Å². The summed E-state index contributed by atoms with van der Waals surface area (Å²) in [5.74, 6) is 0.812. The highest BCUT2D eigenvalue weighted by Crippen LogP contribution is 2.31. The van der Waals surface area contributed by atoms with Crippen molar-refractivity contribution in [1.29, 1.82) is 0 Å². The van der Waals surface area contributed by atoms with E-state index >= 15 is 0 Å². The van der Waals surface area contributed by atoms with Crippen LogP contribution in [-0.4, -0.2) is 28.9 Å². The zero-order valence-electron chi connectivity index (χ0n) is 11.9. The molecular formula is C16H17ClN2OS. The summed E-state index contributed by atoms with van der Waals surface area (Å²) in [6, 6.07) is 7.58. The van der Waals surface area contributed by atoms with Crippen LogP contribution in [0.25, 0.3) is 10.6 Å². The third kappa shape index (κ3) is 3.11. The number of benzene rings is 1. The van der Waals surface area contributed by atoms with Crippen molar-refractivity contribution in [3.63, 3.8) is 0 Å². The van der Waals surface area contributed by atoms with Crippen LogP contribution in [0.5, 0.6) is 0 Å². The van der Waals surface area contributed by atoms with Crippen molar-refractivity contribution in [2.24, 2.45) is 5.92 Å². The van der Waals surface area contributed by atoms with E-state index in [1.165, 1.54) is 11.3 Å². The van der Waals surface area contributed by atoms with Crippen LogP contribution in [0.4, 0.5) is 0 Å². The molecule has 0 atom stereocenters. The molecule has 21 heavy (non-hydrogen) atoms. The van der Waals surface area contributed by atoms with Gasteiger partial charge in [0, 0.05) is 18.7 Å². The molecule has 0 spiro atoms. The van der Waals surface area contributed by atoms with Crippen molar-refractivity contribution >= 4 is 28.8 Å². The molecule has 3 nitrogen and oxygen atoms in total. The molecule has 1 aliphatic rings. The molecule has 0 N–H and O–H groups in total. The predicted octanol–water partition coefficient (Wildman–Crippen LogP) is 4.34. The molecule has 5 heteroatoms. The van der Waals surface area contributed by atoms with Crippen LogP contribution in [-0.2, 0) is 0 Å². The summed E-state index contributed by atoms with van der Waals surface area (Å²) in [5, 5.41) is 1.46. The Bertz CT molecular complexity index is 647. The molecule has 1 amide bonds. The third-order valence-electron chi connectivity index (χ3n) is 3.89. The number of aromatic nitrogens is 1. The van der Waals surface area contributed by atoms with E-state index in [1.54, 1.807) is 6.20 Å². The number of hydrogen-bond acceptors (Lipinski definition) is 3. The normalized spacial score (nSPS) is 16.2. The molecule has 2 heterocycles. The molecule has 1 aromatic heterocycles. The lowest BCUT2D eigenvalue weighted by atomic mass is 9.99. The van der Waals surface area contributed by atoms with Crippen LogP contribution in [0.1, 0.15) is 29.4 Å². The van der Waals surface area contributed by atoms with Crippen molar-refractivity contribution in [2.75, 3.05) is 13.1 Å². The highest BCUT2D eigenvalue weighted by molar-refractivity contribution is 7.17. The second kappa shape index (κ2) is 6.16. The van der Waals surface area contributed by atoms with Crippen LogP contribution >= 0.6 is 22.9 Å². The fourth-order valence-corrected chi connectivity index (χ4v) is 3.70. The van der Waals surface area contributed by atoms with E-state index in [0.29, 0.717) is 15.8 Å². The van der Waals surface area contributed by atoms with Gasteiger partial charge in [0.2, 0.25) is 0 Å². The zero-order chi connectivity index (χ0) is 14.8. The van der Waals surface area contributed by atoms with Crippen LogP contribution in [0.2, 0.25) is 5.02 Å². The summed E-state index contributed by atoms with van der Waals surface area (Å²) in [7, 11) is 0. The Morgan fingerprint density at radius 2 is 2.05 bits per heavy atom. The molecule has 0 radical (unpaired) electrons. The summed E-state index contributed by atoms with van der Waals surface area (Å²) < 4.78 is 0. The van der Waals surface area contributed by atoms with E-state index in [4.69, 9.17) is 11.6 Å². The number of hydrogen-bond donors (Lipinski definition) is 0. The molecule has 1 aliphatic heterocycles. The van der Waals surface area contributed by atoms with Crippen molar-refractivity contribution in [1.82, 2.24) is 9.88 Å². The summed E-state index contributed by atoms with van der Waals surface area (Å²) >= 11 is 7.60. The van der Waals surface area contributed by atoms with Crippen molar-refractivity contribution in [3.05, 3.63) is 40.4 Å². The van der Waals surface area contributed by atoms with Crippen LogP contribution in [0.15, 0.2) is 30.5 Å². The Balaban J connectivity index is 1.79. The number of carbonyl (C=O) groups excluding carboxylic acids is 1. The predicted molar refractivity (Wildman–Crippen MR) is 86.9 cm³/mol. The van der Waals surface area contributed by atoms with Crippen LogP contribution in [0.3, 0.4) is 0 Å².